The fourth-order valence-corrected chi connectivity index (χ4v) is 6.23. The number of aromatic nitrogens is 2. The van der Waals surface area contributed by atoms with Gasteiger partial charge in [0.2, 0.25) is 10.0 Å². The molecule has 0 N–H and O–H groups in total. The largest absolute Gasteiger partial charge is 0.462 e. The molecule has 4 rings (SSSR count). The minimum absolute atomic E-state index is 0.0882. The summed E-state index contributed by atoms with van der Waals surface area (Å²) in [5, 5.41) is 0.420. The molecule has 10 heteroatoms. The number of thioether (sulfide) groups is 1. The number of carbonyl (C=O) groups excluding carboxylic acids is 1. The van der Waals surface area contributed by atoms with Crippen molar-refractivity contribution in [1.29, 1.82) is 0 Å². The Labute approximate surface area is 168 Å². The Kier molecular flexibility index (Phi) is 5.38. The Morgan fingerprint density at radius 3 is 2.68 bits per heavy atom. The minimum Gasteiger partial charge on any atom is -0.462 e. The second kappa shape index (κ2) is 7.66. The molecule has 0 amide bonds. The van der Waals surface area contributed by atoms with E-state index >= 15 is 0 Å². The van der Waals surface area contributed by atoms with Gasteiger partial charge in [-0.15, -0.1) is 0 Å². The van der Waals surface area contributed by atoms with E-state index in [4.69, 9.17) is 9.47 Å². The highest BCUT2D eigenvalue weighted by Gasteiger charge is 2.34. The number of morpholine rings is 1. The van der Waals surface area contributed by atoms with E-state index in [1.165, 1.54) is 16.1 Å². The molecule has 2 aliphatic heterocycles. The van der Waals surface area contributed by atoms with Gasteiger partial charge < -0.3 is 14.0 Å². The first-order valence-electron chi connectivity index (χ1n) is 9.35. The van der Waals surface area contributed by atoms with Gasteiger partial charge in [-0.25, -0.2) is 13.4 Å². The molecule has 2 saturated heterocycles. The lowest BCUT2D eigenvalue weighted by atomic mass is 10.3. The molecule has 2 aliphatic rings. The molecule has 152 valence electrons. The summed E-state index contributed by atoms with van der Waals surface area (Å²) in [5.41, 5.74) is 1.46. The van der Waals surface area contributed by atoms with Gasteiger partial charge in [0.15, 0.2) is 5.16 Å². The van der Waals surface area contributed by atoms with E-state index in [0.717, 1.165) is 5.52 Å². The predicted molar refractivity (Wildman–Crippen MR) is 105 cm³/mol. The van der Waals surface area contributed by atoms with E-state index in [2.05, 4.69) is 4.98 Å². The summed E-state index contributed by atoms with van der Waals surface area (Å²) in [6, 6.07) is 5.03. The van der Waals surface area contributed by atoms with Gasteiger partial charge in [-0.2, -0.15) is 4.31 Å². The van der Waals surface area contributed by atoms with E-state index in [1.54, 1.807) is 18.2 Å². The molecule has 0 aliphatic carbocycles. The van der Waals surface area contributed by atoms with Gasteiger partial charge in [0.1, 0.15) is 11.4 Å². The number of cyclic esters (lactones) is 1. The van der Waals surface area contributed by atoms with Crippen molar-refractivity contribution in [1.82, 2.24) is 13.9 Å². The van der Waals surface area contributed by atoms with Gasteiger partial charge in [0.25, 0.3) is 0 Å². The van der Waals surface area contributed by atoms with E-state index in [1.807, 2.05) is 18.4 Å². The molecule has 28 heavy (non-hydrogen) atoms. The van der Waals surface area contributed by atoms with Crippen LogP contribution in [0.15, 0.2) is 28.3 Å². The third-order valence-electron chi connectivity index (χ3n) is 4.98. The van der Waals surface area contributed by atoms with E-state index in [-0.39, 0.29) is 22.2 Å². The second-order valence-electron chi connectivity index (χ2n) is 6.90. The monoisotopic (exact) mass is 425 g/mol. The molecule has 2 atom stereocenters. The maximum atomic E-state index is 12.9. The molecule has 0 bridgehead atoms. The lowest BCUT2D eigenvalue weighted by Crippen LogP contribution is -2.40. The lowest BCUT2D eigenvalue weighted by Gasteiger charge is -2.26. The molecule has 1 aromatic carbocycles. The van der Waals surface area contributed by atoms with Crippen molar-refractivity contribution >= 4 is 38.8 Å². The first-order valence-corrected chi connectivity index (χ1v) is 11.7. The van der Waals surface area contributed by atoms with Crippen LogP contribution in [0.1, 0.15) is 20.3 Å². The van der Waals surface area contributed by atoms with Crippen molar-refractivity contribution in [3.63, 3.8) is 0 Å². The molecule has 0 unspecified atom stereocenters. The molecule has 1 aromatic heterocycles. The zero-order valence-corrected chi connectivity index (χ0v) is 17.5. The van der Waals surface area contributed by atoms with Crippen LogP contribution in [-0.4, -0.2) is 65.9 Å². The molecular weight excluding hydrogens is 402 g/mol. The van der Waals surface area contributed by atoms with Crippen LogP contribution in [0, 0.1) is 0 Å². The van der Waals surface area contributed by atoms with Gasteiger partial charge in [-0.3, -0.25) is 4.79 Å². The average Bonchev–Trinajstić information content (AvgIpc) is 3.20. The number of imidazole rings is 1. The number of sulfonamides is 1. The molecule has 0 saturated carbocycles. The normalized spacial score (nSPS) is 24.0. The Hall–Kier alpha value is -1.62. The van der Waals surface area contributed by atoms with Gasteiger partial charge in [0.05, 0.1) is 29.1 Å². The smallest absolute Gasteiger partial charge is 0.319 e. The van der Waals surface area contributed by atoms with Crippen molar-refractivity contribution in [3.05, 3.63) is 18.2 Å². The predicted octanol–water partition coefficient (Wildman–Crippen LogP) is 1.87. The number of nitrogens with zero attached hydrogens (tertiary/aromatic N) is 3. The van der Waals surface area contributed by atoms with Crippen LogP contribution in [0.2, 0.25) is 0 Å². The van der Waals surface area contributed by atoms with E-state index in [9.17, 15) is 13.2 Å². The zero-order chi connectivity index (χ0) is 19.9. The average molecular weight is 426 g/mol. The van der Waals surface area contributed by atoms with Crippen LogP contribution in [0.3, 0.4) is 0 Å². The van der Waals surface area contributed by atoms with Gasteiger partial charge in [-0.1, -0.05) is 11.8 Å². The third-order valence-corrected chi connectivity index (χ3v) is 8.07. The topological polar surface area (TPSA) is 90.7 Å². The lowest BCUT2D eigenvalue weighted by molar-refractivity contribution is -0.140. The number of aryl methyl sites for hydroxylation is 1. The summed E-state index contributed by atoms with van der Waals surface area (Å²) in [6.45, 7) is 6.07. The molecule has 0 spiro atoms. The van der Waals surface area contributed by atoms with Crippen LogP contribution in [-0.2, 0) is 30.8 Å². The Bertz CT molecular complexity index is 998. The standard InChI is InChI=1S/C18H23N3O5S2/c1-3-21-15-5-4-13(28(23,24)20-6-8-25-9-7-20)11-14(15)19-18(21)27-16-10-12(2)26-17(16)22/h4-5,11-12,16H,3,6-10H2,1-2H3/t12-,16+/m1/s1. The summed E-state index contributed by atoms with van der Waals surface area (Å²) in [4.78, 5) is 16.9. The second-order valence-corrected chi connectivity index (χ2v) is 10.0. The number of esters is 1. The molecule has 3 heterocycles. The maximum Gasteiger partial charge on any atom is 0.319 e. The number of ether oxygens (including phenoxy) is 2. The number of fused-ring (bicyclic) bond motifs is 1. The van der Waals surface area contributed by atoms with Crippen LogP contribution in [0.25, 0.3) is 11.0 Å². The highest BCUT2D eigenvalue weighted by atomic mass is 32.2. The minimum atomic E-state index is -3.58. The van der Waals surface area contributed by atoms with Crippen LogP contribution in [0.4, 0.5) is 0 Å². The Morgan fingerprint density at radius 2 is 2.04 bits per heavy atom. The third kappa shape index (κ3) is 3.54. The number of hydrogen-bond acceptors (Lipinski definition) is 7. The van der Waals surface area contributed by atoms with Gasteiger partial charge in [0, 0.05) is 26.1 Å². The molecule has 8 nitrogen and oxygen atoms in total. The van der Waals surface area contributed by atoms with Crippen LogP contribution >= 0.6 is 11.8 Å². The Balaban J connectivity index is 1.67. The highest BCUT2D eigenvalue weighted by Crippen LogP contribution is 2.34. The van der Waals surface area contributed by atoms with Crippen molar-refractivity contribution in [2.45, 2.75) is 48.2 Å². The van der Waals surface area contributed by atoms with E-state index < -0.39 is 10.0 Å². The number of carbonyl (C=O) groups is 1. The molecule has 2 aromatic rings. The fourth-order valence-electron chi connectivity index (χ4n) is 3.52. The molecule has 0 radical (unpaired) electrons. The SMILES string of the molecule is CCn1c(S[C@H]2C[C@@H](C)OC2=O)nc2cc(S(=O)(=O)N3CCOCC3)ccc21. The van der Waals surface area contributed by atoms with Crippen LogP contribution < -0.4 is 0 Å². The maximum absolute atomic E-state index is 12.9. The van der Waals surface area contributed by atoms with E-state index in [0.29, 0.717) is 49.9 Å². The summed E-state index contributed by atoms with van der Waals surface area (Å²) in [7, 11) is -3.58. The highest BCUT2D eigenvalue weighted by molar-refractivity contribution is 8.00. The fraction of sp³-hybridized carbons (Fsp3) is 0.556. The molecular formula is C18H23N3O5S2. The number of hydrogen-bond donors (Lipinski definition) is 0. The first kappa shape index (κ1) is 19.7. The van der Waals surface area contributed by atoms with Gasteiger partial charge in [-0.05, 0) is 32.0 Å². The van der Waals surface area contributed by atoms with Crippen LogP contribution in [0.5, 0.6) is 0 Å². The summed E-state index contributed by atoms with van der Waals surface area (Å²) in [6.07, 6.45) is 0.558. The van der Waals surface area contributed by atoms with Crippen molar-refractivity contribution in [2.75, 3.05) is 26.3 Å². The number of benzene rings is 1. The molecule has 2 fully saturated rings. The Morgan fingerprint density at radius 1 is 1.29 bits per heavy atom. The van der Waals surface area contributed by atoms with Crippen molar-refractivity contribution in [3.8, 4) is 0 Å². The van der Waals surface area contributed by atoms with Crippen molar-refractivity contribution in [2.24, 2.45) is 0 Å². The van der Waals surface area contributed by atoms with Gasteiger partial charge >= 0.3 is 5.97 Å². The first-order chi connectivity index (χ1) is 13.4. The summed E-state index contributed by atoms with van der Waals surface area (Å²) >= 11 is 1.38. The quantitative estimate of drug-likeness (QED) is 0.676. The number of rotatable bonds is 5. The van der Waals surface area contributed by atoms with Crippen molar-refractivity contribution < 1.29 is 22.7 Å². The zero-order valence-electron chi connectivity index (χ0n) is 15.8. The summed E-state index contributed by atoms with van der Waals surface area (Å²) < 4.78 is 39.8. The summed E-state index contributed by atoms with van der Waals surface area (Å²) in [5.74, 6) is -0.220.